The molecule has 0 saturated heterocycles. The maximum absolute atomic E-state index is 13.1. The molecule has 0 fully saturated rings. The van der Waals surface area contributed by atoms with E-state index in [1.54, 1.807) is 41.2 Å². The highest BCUT2D eigenvalue weighted by atomic mass is 35.5. The Balaban J connectivity index is 2.02. The van der Waals surface area contributed by atoms with Gasteiger partial charge in [-0.3, -0.25) is 4.72 Å². The van der Waals surface area contributed by atoms with E-state index in [9.17, 15) is 12.8 Å². The van der Waals surface area contributed by atoms with E-state index in [2.05, 4.69) is 4.72 Å². The second-order valence-electron chi connectivity index (χ2n) is 4.79. The third-order valence-electron chi connectivity index (χ3n) is 3.21. The van der Waals surface area contributed by atoms with Crippen molar-refractivity contribution < 1.29 is 12.8 Å². The van der Waals surface area contributed by atoms with E-state index in [0.29, 0.717) is 11.4 Å². The van der Waals surface area contributed by atoms with Gasteiger partial charge in [0, 0.05) is 12.4 Å². The maximum atomic E-state index is 13.1. The highest BCUT2D eigenvalue weighted by Gasteiger charge is 2.20. The molecule has 0 saturated carbocycles. The van der Waals surface area contributed by atoms with Crippen molar-refractivity contribution >= 4 is 27.3 Å². The van der Waals surface area contributed by atoms with Gasteiger partial charge in [-0.05, 0) is 42.5 Å². The highest BCUT2D eigenvalue weighted by molar-refractivity contribution is 7.92. The summed E-state index contributed by atoms with van der Waals surface area (Å²) in [5.41, 5.74) is 1.06. The zero-order chi connectivity index (χ0) is 16.4. The molecule has 1 N–H and O–H groups in total. The van der Waals surface area contributed by atoms with Crippen molar-refractivity contribution in [1.29, 1.82) is 0 Å². The molecule has 1 aromatic heterocycles. The van der Waals surface area contributed by atoms with Crippen LogP contribution in [0.4, 0.5) is 10.1 Å². The fourth-order valence-corrected chi connectivity index (χ4v) is 3.78. The van der Waals surface area contributed by atoms with E-state index in [1.807, 2.05) is 12.1 Å². The van der Waals surface area contributed by atoms with Crippen molar-refractivity contribution in [3.8, 4) is 5.69 Å². The molecule has 0 bridgehead atoms. The van der Waals surface area contributed by atoms with Gasteiger partial charge in [-0.2, -0.15) is 0 Å². The van der Waals surface area contributed by atoms with Gasteiger partial charge in [0.1, 0.15) is 10.7 Å². The van der Waals surface area contributed by atoms with Gasteiger partial charge in [0.25, 0.3) is 10.0 Å². The standard InChI is InChI=1S/C16H12ClFN2O2S/c17-13-11-12(18)7-8-16(13)23(21,22)19-14-5-1-2-6-15(14)20-9-3-4-10-20/h1-11,19H. The molecule has 4 nitrogen and oxygen atoms in total. The Kier molecular flexibility index (Phi) is 4.11. The van der Waals surface area contributed by atoms with Crippen LogP contribution < -0.4 is 4.72 Å². The maximum Gasteiger partial charge on any atom is 0.263 e. The summed E-state index contributed by atoms with van der Waals surface area (Å²) in [7, 11) is -3.94. The van der Waals surface area contributed by atoms with Crippen LogP contribution in [0, 0.1) is 5.82 Å². The van der Waals surface area contributed by atoms with Gasteiger partial charge in [0.05, 0.1) is 16.4 Å². The van der Waals surface area contributed by atoms with Gasteiger partial charge >= 0.3 is 0 Å². The summed E-state index contributed by atoms with van der Waals surface area (Å²) in [6.07, 6.45) is 3.61. The van der Waals surface area contributed by atoms with Crippen molar-refractivity contribution in [3.05, 3.63) is 77.8 Å². The van der Waals surface area contributed by atoms with Crippen LogP contribution in [0.3, 0.4) is 0 Å². The molecule has 2 aromatic carbocycles. The summed E-state index contributed by atoms with van der Waals surface area (Å²) >= 11 is 5.86. The number of nitrogens with one attached hydrogen (secondary N) is 1. The Morgan fingerprint density at radius 3 is 2.39 bits per heavy atom. The summed E-state index contributed by atoms with van der Waals surface area (Å²) in [6, 6.07) is 13.8. The molecule has 0 atom stereocenters. The van der Waals surface area contributed by atoms with Crippen molar-refractivity contribution in [3.63, 3.8) is 0 Å². The number of anilines is 1. The predicted molar refractivity (Wildman–Crippen MR) is 88.0 cm³/mol. The predicted octanol–water partition coefficient (Wildman–Crippen LogP) is 4.07. The smallest absolute Gasteiger partial charge is 0.263 e. The average Bonchev–Trinajstić information content (AvgIpc) is 3.01. The number of hydrogen-bond acceptors (Lipinski definition) is 2. The first-order valence-corrected chi connectivity index (χ1v) is 8.54. The van der Waals surface area contributed by atoms with Crippen LogP contribution in [0.25, 0.3) is 5.69 Å². The number of nitrogens with zero attached hydrogens (tertiary/aromatic N) is 1. The fraction of sp³-hybridized carbons (Fsp3) is 0. The molecule has 0 radical (unpaired) electrons. The van der Waals surface area contributed by atoms with E-state index < -0.39 is 15.8 Å². The number of hydrogen-bond donors (Lipinski definition) is 1. The van der Waals surface area contributed by atoms with Crippen molar-refractivity contribution in [1.82, 2.24) is 4.57 Å². The Morgan fingerprint density at radius 1 is 1.00 bits per heavy atom. The van der Waals surface area contributed by atoms with E-state index in [-0.39, 0.29) is 9.92 Å². The number of para-hydroxylation sites is 2. The Labute approximate surface area is 138 Å². The third-order valence-corrected chi connectivity index (χ3v) is 5.06. The minimum Gasteiger partial charge on any atom is -0.322 e. The fourth-order valence-electron chi connectivity index (χ4n) is 2.17. The van der Waals surface area contributed by atoms with E-state index in [1.165, 1.54) is 0 Å². The van der Waals surface area contributed by atoms with Crippen molar-refractivity contribution in [2.45, 2.75) is 4.90 Å². The van der Waals surface area contributed by atoms with Gasteiger partial charge in [-0.1, -0.05) is 23.7 Å². The van der Waals surface area contributed by atoms with Gasteiger partial charge in [-0.25, -0.2) is 12.8 Å². The number of halogens is 2. The minimum atomic E-state index is -3.94. The van der Waals surface area contributed by atoms with Crippen LogP contribution in [-0.2, 0) is 10.0 Å². The second-order valence-corrected chi connectivity index (χ2v) is 6.85. The Bertz CT molecular complexity index is 940. The zero-order valence-corrected chi connectivity index (χ0v) is 13.4. The van der Waals surface area contributed by atoms with Crippen LogP contribution in [-0.4, -0.2) is 13.0 Å². The van der Waals surface area contributed by atoms with Crippen LogP contribution in [0.1, 0.15) is 0 Å². The molecule has 0 amide bonds. The summed E-state index contributed by atoms with van der Waals surface area (Å²) < 4.78 is 42.4. The molecular formula is C16H12ClFN2O2S. The minimum absolute atomic E-state index is 0.170. The molecular weight excluding hydrogens is 339 g/mol. The van der Waals surface area contributed by atoms with Crippen molar-refractivity contribution in [2.75, 3.05) is 4.72 Å². The summed E-state index contributed by atoms with van der Waals surface area (Å²) in [4.78, 5) is -0.178. The molecule has 7 heteroatoms. The molecule has 118 valence electrons. The van der Waals surface area contributed by atoms with E-state index >= 15 is 0 Å². The quantitative estimate of drug-likeness (QED) is 0.771. The lowest BCUT2D eigenvalue weighted by Gasteiger charge is -2.14. The number of sulfonamides is 1. The van der Waals surface area contributed by atoms with E-state index in [4.69, 9.17) is 11.6 Å². The lowest BCUT2D eigenvalue weighted by Crippen LogP contribution is -2.15. The highest BCUT2D eigenvalue weighted by Crippen LogP contribution is 2.27. The summed E-state index contributed by atoms with van der Waals surface area (Å²) in [5.74, 6) is -0.596. The molecule has 0 aliphatic heterocycles. The average molecular weight is 351 g/mol. The first-order valence-electron chi connectivity index (χ1n) is 6.67. The lowest BCUT2D eigenvalue weighted by molar-refractivity contribution is 0.599. The Hall–Kier alpha value is -2.31. The van der Waals surface area contributed by atoms with Crippen LogP contribution >= 0.6 is 11.6 Å². The van der Waals surface area contributed by atoms with Gasteiger partial charge in [0.2, 0.25) is 0 Å². The largest absolute Gasteiger partial charge is 0.322 e. The number of rotatable bonds is 4. The van der Waals surface area contributed by atoms with Crippen LogP contribution in [0.2, 0.25) is 5.02 Å². The lowest BCUT2D eigenvalue weighted by atomic mass is 10.3. The molecule has 0 aliphatic rings. The first-order chi connectivity index (χ1) is 11.0. The number of benzene rings is 2. The Morgan fingerprint density at radius 2 is 1.70 bits per heavy atom. The zero-order valence-electron chi connectivity index (χ0n) is 11.8. The van der Waals surface area contributed by atoms with Crippen LogP contribution in [0.15, 0.2) is 71.9 Å². The molecule has 3 aromatic rings. The molecule has 0 aliphatic carbocycles. The molecule has 3 rings (SSSR count). The van der Waals surface area contributed by atoms with Crippen molar-refractivity contribution in [2.24, 2.45) is 0 Å². The normalized spacial score (nSPS) is 11.4. The summed E-state index contributed by atoms with van der Waals surface area (Å²) in [6.45, 7) is 0. The van der Waals surface area contributed by atoms with Gasteiger partial charge < -0.3 is 4.57 Å². The first kappa shape index (κ1) is 15.6. The third kappa shape index (κ3) is 3.23. The topological polar surface area (TPSA) is 51.1 Å². The van der Waals surface area contributed by atoms with E-state index in [0.717, 1.165) is 18.2 Å². The molecule has 0 spiro atoms. The van der Waals surface area contributed by atoms with Gasteiger partial charge in [0.15, 0.2) is 0 Å². The monoisotopic (exact) mass is 350 g/mol. The SMILES string of the molecule is O=S(=O)(Nc1ccccc1-n1cccc1)c1ccc(F)cc1Cl. The second kappa shape index (κ2) is 6.06. The summed E-state index contributed by atoms with van der Waals surface area (Å²) in [5, 5.41) is -0.170. The molecule has 1 heterocycles. The molecule has 23 heavy (non-hydrogen) atoms. The number of aromatic nitrogens is 1. The van der Waals surface area contributed by atoms with Gasteiger partial charge in [-0.15, -0.1) is 0 Å². The van der Waals surface area contributed by atoms with Crippen LogP contribution in [0.5, 0.6) is 0 Å². The molecule has 0 unspecified atom stereocenters.